The molecule has 5 nitrogen and oxygen atoms in total. The summed E-state index contributed by atoms with van der Waals surface area (Å²) < 4.78 is 0. The summed E-state index contributed by atoms with van der Waals surface area (Å²) in [5, 5.41) is 4.37. The highest BCUT2D eigenvalue weighted by atomic mass is 16.2. The van der Waals surface area contributed by atoms with Gasteiger partial charge in [0, 0.05) is 36.1 Å². The quantitative estimate of drug-likeness (QED) is 0.711. The van der Waals surface area contributed by atoms with E-state index in [2.05, 4.69) is 35.2 Å². The smallest absolute Gasteiger partial charge is 0.257 e. The Morgan fingerprint density at radius 1 is 1.11 bits per heavy atom. The van der Waals surface area contributed by atoms with Crippen LogP contribution in [0.4, 0.5) is 11.4 Å². The predicted molar refractivity (Wildman–Crippen MR) is 113 cm³/mol. The number of carbonyl (C=O) groups is 1. The van der Waals surface area contributed by atoms with Crippen LogP contribution in [0.25, 0.3) is 11.0 Å². The Bertz CT molecular complexity index is 1020. The second-order valence-corrected chi connectivity index (χ2v) is 7.79. The van der Waals surface area contributed by atoms with Crippen LogP contribution in [0, 0.1) is 19.8 Å². The fraction of sp³-hybridized carbons (Fsp3) is 0.348. The van der Waals surface area contributed by atoms with Gasteiger partial charge in [0.25, 0.3) is 5.91 Å². The van der Waals surface area contributed by atoms with Crippen molar-refractivity contribution in [3.63, 3.8) is 0 Å². The molecule has 1 aliphatic rings. The summed E-state index contributed by atoms with van der Waals surface area (Å²) in [6.07, 6.45) is 3.78. The zero-order valence-electron chi connectivity index (χ0n) is 16.7. The molecule has 0 radical (unpaired) electrons. The molecule has 4 rings (SSSR count). The summed E-state index contributed by atoms with van der Waals surface area (Å²) in [7, 11) is 0. The molecule has 1 N–H and O–H groups in total. The molecule has 0 spiro atoms. The molecule has 1 saturated heterocycles. The number of likely N-dealkylation sites (tertiary alicyclic amines) is 1. The first-order chi connectivity index (χ1) is 13.5. The van der Waals surface area contributed by atoms with Crippen LogP contribution in [0.3, 0.4) is 0 Å². The van der Waals surface area contributed by atoms with Gasteiger partial charge in [0.15, 0.2) is 5.65 Å². The van der Waals surface area contributed by atoms with Gasteiger partial charge in [-0.3, -0.25) is 4.79 Å². The second kappa shape index (κ2) is 7.58. The third-order valence-electron chi connectivity index (χ3n) is 5.57. The van der Waals surface area contributed by atoms with Crippen molar-refractivity contribution in [3.8, 4) is 0 Å². The maximum Gasteiger partial charge on any atom is 0.257 e. The van der Waals surface area contributed by atoms with Crippen LogP contribution >= 0.6 is 0 Å². The van der Waals surface area contributed by atoms with Gasteiger partial charge in [0.1, 0.15) is 0 Å². The van der Waals surface area contributed by atoms with E-state index in [1.165, 1.54) is 0 Å². The summed E-state index contributed by atoms with van der Waals surface area (Å²) in [5.74, 6) is 0.716. The number of amides is 1. The fourth-order valence-corrected chi connectivity index (χ4v) is 3.70. The average Bonchev–Trinajstić information content (AvgIpc) is 2.69. The normalized spacial score (nSPS) is 15.0. The molecule has 1 aromatic carbocycles. The zero-order chi connectivity index (χ0) is 19.7. The van der Waals surface area contributed by atoms with Crippen molar-refractivity contribution in [2.45, 2.75) is 33.6 Å². The van der Waals surface area contributed by atoms with Crippen molar-refractivity contribution in [1.82, 2.24) is 14.9 Å². The minimum absolute atomic E-state index is 0.0398. The molecule has 0 bridgehead atoms. The molecule has 3 aromatic rings. The molecule has 28 heavy (non-hydrogen) atoms. The summed E-state index contributed by atoms with van der Waals surface area (Å²) in [4.78, 5) is 24.3. The lowest BCUT2D eigenvalue weighted by atomic mass is 9.98. The van der Waals surface area contributed by atoms with Gasteiger partial charge in [-0.1, -0.05) is 25.1 Å². The molecule has 0 atom stereocenters. The highest BCUT2D eigenvalue weighted by Crippen LogP contribution is 2.31. The predicted octanol–water partition coefficient (Wildman–Crippen LogP) is 4.86. The summed E-state index contributed by atoms with van der Waals surface area (Å²) in [6.45, 7) is 7.85. The highest BCUT2D eigenvalue weighted by Gasteiger charge is 2.25. The van der Waals surface area contributed by atoms with Crippen LogP contribution in [0.15, 0.2) is 42.6 Å². The molecule has 0 aliphatic carbocycles. The van der Waals surface area contributed by atoms with E-state index in [-0.39, 0.29) is 5.91 Å². The van der Waals surface area contributed by atoms with Gasteiger partial charge >= 0.3 is 0 Å². The molecule has 1 aliphatic heterocycles. The Morgan fingerprint density at radius 2 is 1.86 bits per heavy atom. The molecule has 5 heteroatoms. The molecule has 144 valence electrons. The molecule has 2 aromatic heterocycles. The molecule has 3 heterocycles. The lowest BCUT2D eigenvalue weighted by molar-refractivity contribution is 0.0698. The summed E-state index contributed by atoms with van der Waals surface area (Å²) in [6, 6.07) is 12.1. The van der Waals surface area contributed by atoms with Crippen molar-refractivity contribution in [3.05, 3.63) is 59.4 Å². The second-order valence-electron chi connectivity index (χ2n) is 7.79. The number of nitrogens with zero attached hydrogens (tertiary/aromatic N) is 3. The number of nitrogens with one attached hydrogen (secondary N) is 1. The van der Waals surface area contributed by atoms with Crippen molar-refractivity contribution >= 4 is 28.3 Å². The Balaban J connectivity index is 1.80. The molecule has 0 saturated carbocycles. The van der Waals surface area contributed by atoms with E-state index >= 15 is 0 Å². The topological polar surface area (TPSA) is 58.1 Å². The van der Waals surface area contributed by atoms with Crippen molar-refractivity contribution in [2.24, 2.45) is 5.92 Å². The van der Waals surface area contributed by atoms with E-state index in [4.69, 9.17) is 0 Å². The third kappa shape index (κ3) is 3.57. The summed E-state index contributed by atoms with van der Waals surface area (Å²) >= 11 is 0. The Hall–Kier alpha value is -2.95. The van der Waals surface area contributed by atoms with Gasteiger partial charge in [0.05, 0.1) is 11.3 Å². The number of aryl methyl sites for hydroxylation is 2. The first-order valence-electron chi connectivity index (χ1n) is 9.91. The van der Waals surface area contributed by atoms with Crippen LogP contribution < -0.4 is 5.32 Å². The maximum atomic E-state index is 13.3. The average molecular weight is 374 g/mol. The molecular weight excluding hydrogens is 348 g/mol. The fourth-order valence-electron chi connectivity index (χ4n) is 3.70. The SMILES string of the molecule is Cc1ccc2c(Nc3ccccc3C)c(C(=O)N3CCC(C)CC3)cnc2n1. The lowest BCUT2D eigenvalue weighted by Gasteiger charge is -2.31. The number of anilines is 2. The number of benzene rings is 1. The van der Waals surface area contributed by atoms with E-state index in [1.807, 2.05) is 42.2 Å². The minimum atomic E-state index is 0.0398. The number of rotatable bonds is 3. The van der Waals surface area contributed by atoms with Crippen LogP contribution in [0.2, 0.25) is 0 Å². The van der Waals surface area contributed by atoms with E-state index in [0.717, 1.165) is 53.9 Å². The number of hydrogen-bond donors (Lipinski definition) is 1. The standard InChI is InChI=1S/C23H26N4O/c1-15-10-12-27(13-11-15)23(28)19-14-24-22-18(9-8-17(3)25-22)21(19)26-20-7-5-4-6-16(20)2/h4-9,14-15H,10-13H2,1-3H3,(H,24,25,26). The zero-order valence-corrected chi connectivity index (χ0v) is 16.7. The highest BCUT2D eigenvalue weighted by molar-refractivity contribution is 6.07. The number of carbonyl (C=O) groups excluding carboxylic acids is 1. The number of para-hydroxylation sites is 1. The van der Waals surface area contributed by atoms with Crippen molar-refractivity contribution in [2.75, 3.05) is 18.4 Å². The van der Waals surface area contributed by atoms with Gasteiger partial charge in [-0.05, 0) is 56.4 Å². The van der Waals surface area contributed by atoms with E-state index in [0.29, 0.717) is 17.1 Å². The Morgan fingerprint density at radius 3 is 2.61 bits per heavy atom. The number of fused-ring (bicyclic) bond motifs is 1. The van der Waals surface area contributed by atoms with Gasteiger partial charge in [-0.15, -0.1) is 0 Å². The van der Waals surface area contributed by atoms with Crippen molar-refractivity contribution < 1.29 is 4.79 Å². The number of hydrogen-bond acceptors (Lipinski definition) is 4. The summed E-state index contributed by atoms with van der Waals surface area (Å²) in [5.41, 5.74) is 5.06. The van der Waals surface area contributed by atoms with Crippen LogP contribution in [0.5, 0.6) is 0 Å². The number of piperidine rings is 1. The Kier molecular flexibility index (Phi) is 4.99. The first kappa shape index (κ1) is 18.4. The Labute approximate surface area is 165 Å². The number of aromatic nitrogens is 2. The van der Waals surface area contributed by atoms with Crippen molar-refractivity contribution in [1.29, 1.82) is 0 Å². The number of pyridine rings is 2. The van der Waals surface area contributed by atoms with E-state index in [9.17, 15) is 4.79 Å². The van der Waals surface area contributed by atoms with Crippen LogP contribution in [-0.2, 0) is 0 Å². The molecular formula is C23H26N4O. The van der Waals surface area contributed by atoms with Crippen LogP contribution in [-0.4, -0.2) is 33.9 Å². The van der Waals surface area contributed by atoms with E-state index < -0.39 is 0 Å². The van der Waals surface area contributed by atoms with Gasteiger partial charge in [0.2, 0.25) is 0 Å². The largest absolute Gasteiger partial charge is 0.354 e. The first-order valence-corrected chi connectivity index (χ1v) is 9.91. The third-order valence-corrected chi connectivity index (χ3v) is 5.57. The monoisotopic (exact) mass is 374 g/mol. The maximum absolute atomic E-state index is 13.3. The van der Waals surface area contributed by atoms with Gasteiger partial charge in [-0.25, -0.2) is 9.97 Å². The lowest BCUT2D eigenvalue weighted by Crippen LogP contribution is -2.38. The molecule has 1 amide bonds. The molecule has 1 fully saturated rings. The van der Waals surface area contributed by atoms with Gasteiger partial charge in [-0.2, -0.15) is 0 Å². The minimum Gasteiger partial charge on any atom is -0.354 e. The van der Waals surface area contributed by atoms with E-state index in [1.54, 1.807) is 6.20 Å². The molecule has 0 unspecified atom stereocenters. The van der Waals surface area contributed by atoms with Crippen LogP contribution in [0.1, 0.15) is 41.4 Å². The van der Waals surface area contributed by atoms with Gasteiger partial charge < -0.3 is 10.2 Å².